The Kier molecular flexibility index (Phi) is 3.56. The molecule has 3 nitrogen and oxygen atoms in total. The first-order valence-electron chi connectivity index (χ1n) is 4.64. The van der Waals surface area contributed by atoms with E-state index < -0.39 is 5.41 Å². The van der Waals surface area contributed by atoms with Crippen LogP contribution >= 0.6 is 11.6 Å². The summed E-state index contributed by atoms with van der Waals surface area (Å²) in [5.41, 5.74) is -0.418. The van der Waals surface area contributed by atoms with E-state index in [9.17, 15) is 4.79 Å². The van der Waals surface area contributed by atoms with Crippen LogP contribution in [0.1, 0.15) is 13.8 Å². The van der Waals surface area contributed by atoms with E-state index in [1.807, 2.05) is 18.7 Å². The van der Waals surface area contributed by atoms with Gasteiger partial charge in [-0.25, -0.2) is 0 Å². The zero-order chi connectivity index (χ0) is 9.90. The minimum absolute atomic E-state index is 0.170. The van der Waals surface area contributed by atoms with E-state index in [1.165, 1.54) is 0 Å². The highest BCUT2D eigenvalue weighted by molar-refractivity contribution is 6.19. The molecule has 76 valence electrons. The Morgan fingerprint density at radius 1 is 1.46 bits per heavy atom. The molecule has 1 amide bonds. The van der Waals surface area contributed by atoms with Crippen LogP contribution in [-0.4, -0.2) is 42.9 Å². The fourth-order valence-electron chi connectivity index (χ4n) is 1.35. The van der Waals surface area contributed by atoms with Crippen LogP contribution in [-0.2, 0) is 4.79 Å². The number of nitrogens with one attached hydrogen (secondary N) is 1. The summed E-state index contributed by atoms with van der Waals surface area (Å²) in [6.45, 7) is 7.18. The molecular formula is C9H17ClN2O. The van der Waals surface area contributed by atoms with Crippen molar-refractivity contribution in [1.82, 2.24) is 10.2 Å². The monoisotopic (exact) mass is 204 g/mol. The van der Waals surface area contributed by atoms with Crippen LogP contribution in [0.3, 0.4) is 0 Å². The highest BCUT2D eigenvalue weighted by Gasteiger charge is 2.31. The number of rotatable bonds is 2. The van der Waals surface area contributed by atoms with Crippen LogP contribution in [0, 0.1) is 5.41 Å². The fraction of sp³-hybridized carbons (Fsp3) is 0.889. The molecule has 0 bridgehead atoms. The number of hydrogen-bond donors (Lipinski definition) is 1. The lowest BCUT2D eigenvalue weighted by molar-refractivity contribution is -0.139. The van der Waals surface area contributed by atoms with Crippen LogP contribution < -0.4 is 5.32 Å². The molecule has 1 aliphatic heterocycles. The van der Waals surface area contributed by atoms with Gasteiger partial charge in [-0.15, -0.1) is 11.6 Å². The second-order valence-corrected chi connectivity index (χ2v) is 4.33. The standard InChI is InChI=1S/C9H17ClN2O/c1-9(2,7-10)8(13)12-5-3-11-4-6-12/h11H,3-7H2,1-2H3. The third-order valence-electron chi connectivity index (χ3n) is 2.32. The van der Waals surface area contributed by atoms with Crippen molar-refractivity contribution < 1.29 is 4.79 Å². The van der Waals surface area contributed by atoms with Gasteiger partial charge in [0, 0.05) is 32.1 Å². The van der Waals surface area contributed by atoms with Gasteiger partial charge in [-0.2, -0.15) is 0 Å². The van der Waals surface area contributed by atoms with Crippen molar-refractivity contribution in [3.8, 4) is 0 Å². The number of hydrogen-bond acceptors (Lipinski definition) is 2. The van der Waals surface area contributed by atoms with Gasteiger partial charge in [0.15, 0.2) is 0 Å². The molecule has 0 radical (unpaired) electrons. The number of carbonyl (C=O) groups is 1. The minimum atomic E-state index is -0.418. The molecule has 1 rings (SSSR count). The zero-order valence-corrected chi connectivity index (χ0v) is 9.02. The first-order chi connectivity index (χ1) is 6.08. The van der Waals surface area contributed by atoms with Gasteiger partial charge in [-0.3, -0.25) is 4.79 Å². The van der Waals surface area contributed by atoms with Crippen molar-refractivity contribution >= 4 is 17.5 Å². The molecule has 1 fully saturated rings. The van der Waals surface area contributed by atoms with E-state index in [0.29, 0.717) is 5.88 Å². The molecule has 0 atom stereocenters. The summed E-state index contributed by atoms with van der Waals surface area (Å²) < 4.78 is 0. The number of halogens is 1. The van der Waals surface area contributed by atoms with Crippen LogP contribution in [0.15, 0.2) is 0 Å². The van der Waals surface area contributed by atoms with Gasteiger partial charge < -0.3 is 10.2 Å². The lowest BCUT2D eigenvalue weighted by atomic mass is 9.94. The fourth-order valence-corrected chi connectivity index (χ4v) is 1.47. The van der Waals surface area contributed by atoms with Crippen molar-refractivity contribution in [2.24, 2.45) is 5.41 Å². The number of piperazine rings is 1. The molecule has 0 aliphatic carbocycles. The first-order valence-corrected chi connectivity index (χ1v) is 5.17. The van der Waals surface area contributed by atoms with E-state index in [4.69, 9.17) is 11.6 Å². The Morgan fingerprint density at radius 3 is 2.46 bits per heavy atom. The quantitative estimate of drug-likeness (QED) is 0.672. The smallest absolute Gasteiger partial charge is 0.229 e. The molecule has 0 unspecified atom stereocenters. The summed E-state index contributed by atoms with van der Waals surface area (Å²) in [7, 11) is 0. The lowest BCUT2D eigenvalue weighted by Crippen LogP contribution is -2.51. The first kappa shape index (κ1) is 10.8. The normalized spacial score (nSPS) is 18.8. The number of nitrogens with zero attached hydrogens (tertiary/aromatic N) is 1. The Balaban J connectivity index is 2.55. The Labute approximate surface area is 84.4 Å². The summed E-state index contributed by atoms with van der Waals surface area (Å²) in [5.74, 6) is 0.555. The van der Waals surface area contributed by atoms with Gasteiger partial charge in [0.05, 0.1) is 5.41 Å². The van der Waals surface area contributed by atoms with Gasteiger partial charge >= 0.3 is 0 Å². The number of alkyl halides is 1. The third-order valence-corrected chi connectivity index (χ3v) is 2.99. The second kappa shape index (κ2) is 4.29. The van der Waals surface area contributed by atoms with Crippen LogP contribution in [0.2, 0.25) is 0 Å². The van der Waals surface area contributed by atoms with Crippen molar-refractivity contribution in [3.05, 3.63) is 0 Å². The van der Waals surface area contributed by atoms with E-state index in [2.05, 4.69) is 5.32 Å². The maximum absolute atomic E-state index is 11.9. The predicted molar refractivity (Wildman–Crippen MR) is 54.0 cm³/mol. The highest BCUT2D eigenvalue weighted by Crippen LogP contribution is 2.20. The minimum Gasteiger partial charge on any atom is -0.340 e. The maximum Gasteiger partial charge on any atom is 0.229 e. The Hall–Kier alpha value is -0.280. The van der Waals surface area contributed by atoms with Gasteiger partial charge in [-0.1, -0.05) is 0 Å². The summed E-state index contributed by atoms with van der Waals surface area (Å²) in [5, 5.41) is 3.21. The lowest BCUT2D eigenvalue weighted by Gasteiger charge is -2.33. The van der Waals surface area contributed by atoms with Gasteiger partial charge in [0.1, 0.15) is 0 Å². The molecule has 1 saturated heterocycles. The van der Waals surface area contributed by atoms with E-state index in [0.717, 1.165) is 26.2 Å². The topological polar surface area (TPSA) is 32.3 Å². The van der Waals surface area contributed by atoms with Crippen molar-refractivity contribution in [1.29, 1.82) is 0 Å². The van der Waals surface area contributed by atoms with Gasteiger partial charge in [0.2, 0.25) is 5.91 Å². The molecule has 0 aromatic carbocycles. The molecule has 1 heterocycles. The molecule has 0 saturated carbocycles. The van der Waals surface area contributed by atoms with E-state index in [-0.39, 0.29) is 5.91 Å². The Morgan fingerprint density at radius 2 is 2.00 bits per heavy atom. The summed E-state index contributed by atoms with van der Waals surface area (Å²) in [6, 6.07) is 0. The summed E-state index contributed by atoms with van der Waals surface area (Å²) in [6.07, 6.45) is 0. The molecule has 13 heavy (non-hydrogen) atoms. The second-order valence-electron chi connectivity index (χ2n) is 4.06. The Bertz CT molecular complexity index is 188. The van der Waals surface area contributed by atoms with Crippen LogP contribution in [0.5, 0.6) is 0 Å². The average Bonchev–Trinajstić information content (AvgIpc) is 2.18. The third kappa shape index (κ3) is 2.58. The highest BCUT2D eigenvalue weighted by atomic mass is 35.5. The average molecular weight is 205 g/mol. The summed E-state index contributed by atoms with van der Waals surface area (Å²) >= 11 is 5.74. The molecule has 0 aromatic heterocycles. The van der Waals surface area contributed by atoms with Crippen molar-refractivity contribution in [2.45, 2.75) is 13.8 Å². The molecule has 1 aliphatic rings. The molecule has 0 spiro atoms. The van der Waals surface area contributed by atoms with Crippen molar-refractivity contribution in [2.75, 3.05) is 32.1 Å². The van der Waals surface area contributed by atoms with Crippen LogP contribution in [0.4, 0.5) is 0 Å². The molecular weight excluding hydrogens is 188 g/mol. The number of carbonyl (C=O) groups excluding carboxylic acids is 1. The summed E-state index contributed by atoms with van der Waals surface area (Å²) in [4.78, 5) is 13.8. The van der Waals surface area contributed by atoms with Crippen molar-refractivity contribution in [3.63, 3.8) is 0 Å². The maximum atomic E-state index is 11.9. The molecule has 1 N–H and O–H groups in total. The predicted octanol–water partition coefficient (Wildman–Crippen LogP) is 0.683. The van der Waals surface area contributed by atoms with Gasteiger partial charge in [0.25, 0.3) is 0 Å². The number of amides is 1. The molecule has 4 heteroatoms. The van der Waals surface area contributed by atoms with Crippen LogP contribution in [0.25, 0.3) is 0 Å². The SMILES string of the molecule is CC(C)(CCl)C(=O)N1CCNCC1. The largest absolute Gasteiger partial charge is 0.340 e. The van der Waals surface area contributed by atoms with Gasteiger partial charge in [-0.05, 0) is 13.8 Å². The van der Waals surface area contributed by atoms with E-state index in [1.54, 1.807) is 0 Å². The zero-order valence-electron chi connectivity index (χ0n) is 8.27. The van der Waals surface area contributed by atoms with E-state index >= 15 is 0 Å². The molecule has 0 aromatic rings.